The van der Waals surface area contributed by atoms with E-state index in [0.717, 1.165) is 0 Å². The summed E-state index contributed by atoms with van der Waals surface area (Å²) in [5.41, 5.74) is -0.279. The van der Waals surface area contributed by atoms with Crippen LogP contribution in [0.15, 0.2) is 45.0 Å². The minimum Gasteiger partial charge on any atom is -0.502 e. The van der Waals surface area contributed by atoms with E-state index < -0.39 is 17.1 Å². The molecule has 2 heterocycles. The molecule has 0 aliphatic heterocycles. The van der Waals surface area contributed by atoms with Gasteiger partial charge in [-0.1, -0.05) is 0 Å². The summed E-state index contributed by atoms with van der Waals surface area (Å²) < 4.78 is 24.3. The van der Waals surface area contributed by atoms with E-state index in [4.69, 9.17) is 9.47 Å². The Kier molecular flexibility index (Phi) is 4.30. The fourth-order valence-corrected chi connectivity index (χ4v) is 3.03. The predicted molar refractivity (Wildman–Crippen MR) is 105 cm³/mol. The van der Waals surface area contributed by atoms with Gasteiger partial charge in [0.15, 0.2) is 11.5 Å². The van der Waals surface area contributed by atoms with E-state index in [1.807, 2.05) is 0 Å². The largest absolute Gasteiger partial charge is 0.502 e. The molecule has 0 atom stereocenters. The lowest BCUT2D eigenvalue weighted by atomic mass is 10.2. The SMILES string of the molecule is COc1cc(C=Nn2c(=O)[nH]c3c([nH]c4ccc(F)cc43)c2=O)cc(OC)c1O. The highest BCUT2D eigenvalue weighted by Gasteiger charge is 2.14. The summed E-state index contributed by atoms with van der Waals surface area (Å²) in [4.78, 5) is 30.6. The first-order chi connectivity index (χ1) is 13.9. The van der Waals surface area contributed by atoms with Crippen LogP contribution in [0.25, 0.3) is 21.9 Å². The molecule has 0 radical (unpaired) electrons. The molecule has 3 N–H and O–H groups in total. The van der Waals surface area contributed by atoms with Gasteiger partial charge in [0.05, 0.1) is 26.0 Å². The van der Waals surface area contributed by atoms with Crippen LogP contribution in [-0.2, 0) is 0 Å². The van der Waals surface area contributed by atoms with E-state index in [1.54, 1.807) is 0 Å². The zero-order valence-electron chi connectivity index (χ0n) is 15.3. The van der Waals surface area contributed by atoms with E-state index in [1.165, 1.54) is 50.8 Å². The highest BCUT2D eigenvalue weighted by Crippen LogP contribution is 2.36. The van der Waals surface area contributed by atoms with Gasteiger partial charge in [-0.25, -0.2) is 9.18 Å². The zero-order chi connectivity index (χ0) is 20.7. The number of nitrogens with zero attached hydrogens (tertiary/aromatic N) is 2. The standard InChI is InChI=1S/C19H15FN4O5/c1-28-13-5-9(6-14(29-2)17(13)25)8-21-24-18(26)16-15(23-19(24)27)11-7-10(20)3-4-12(11)22-16/h3-8,22,25H,1-2H3,(H,23,27). The smallest absolute Gasteiger partial charge is 0.350 e. The molecule has 0 fully saturated rings. The van der Waals surface area contributed by atoms with Crippen LogP contribution in [0.1, 0.15) is 5.56 Å². The van der Waals surface area contributed by atoms with Gasteiger partial charge in [0, 0.05) is 16.5 Å². The van der Waals surface area contributed by atoms with E-state index in [9.17, 15) is 19.1 Å². The lowest BCUT2D eigenvalue weighted by Gasteiger charge is -2.09. The molecule has 0 unspecified atom stereocenters. The number of aromatic amines is 2. The first kappa shape index (κ1) is 18.3. The van der Waals surface area contributed by atoms with Crippen LogP contribution in [-0.4, -0.2) is 40.2 Å². The average Bonchev–Trinajstić information content (AvgIpc) is 3.06. The molecule has 0 aliphatic rings. The Bertz CT molecular complexity index is 1370. The quantitative estimate of drug-likeness (QED) is 0.454. The molecule has 4 aromatic rings. The Labute approximate surface area is 161 Å². The van der Waals surface area contributed by atoms with Crippen molar-refractivity contribution in [2.45, 2.75) is 0 Å². The summed E-state index contributed by atoms with van der Waals surface area (Å²) >= 11 is 0. The van der Waals surface area contributed by atoms with Crippen molar-refractivity contribution < 1.29 is 19.0 Å². The summed E-state index contributed by atoms with van der Waals surface area (Å²) in [6.45, 7) is 0. The van der Waals surface area contributed by atoms with E-state index >= 15 is 0 Å². The fraction of sp³-hybridized carbons (Fsp3) is 0.105. The highest BCUT2D eigenvalue weighted by atomic mass is 19.1. The molecule has 10 heteroatoms. The maximum atomic E-state index is 13.5. The number of nitrogens with one attached hydrogen (secondary N) is 2. The molecule has 29 heavy (non-hydrogen) atoms. The zero-order valence-corrected chi connectivity index (χ0v) is 15.3. The minimum atomic E-state index is -0.790. The lowest BCUT2D eigenvalue weighted by molar-refractivity contribution is 0.340. The third kappa shape index (κ3) is 3.00. The second kappa shape index (κ2) is 6.82. The van der Waals surface area contributed by atoms with Crippen molar-refractivity contribution >= 4 is 28.2 Å². The minimum absolute atomic E-state index is 0.0863. The van der Waals surface area contributed by atoms with Crippen LogP contribution in [0.2, 0.25) is 0 Å². The normalized spacial score (nSPS) is 11.6. The van der Waals surface area contributed by atoms with Crippen molar-refractivity contribution in [1.82, 2.24) is 14.6 Å². The molecule has 2 aromatic heterocycles. The number of ether oxygens (including phenoxy) is 2. The molecule has 0 saturated heterocycles. The third-order valence-electron chi connectivity index (χ3n) is 4.42. The van der Waals surface area contributed by atoms with Gasteiger partial charge in [0.2, 0.25) is 5.75 Å². The van der Waals surface area contributed by atoms with Crippen LogP contribution in [0.4, 0.5) is 4.39 Å². The van der Waals surface area contributed by atoms with E-state index in [0.29, 0.717) is 21.1 Å². The average molecular weight is 398 g/mol. The molecule has 148 valence electrons. The number of aromatic hydroxyl groups is 1. The van der Waals surface area contributed by atoms with Gasteiger partial charge in [-0.3, -0.25) is 4.79 Å². The molecular formula is C19H15FN4O5. The molecule has 0 saturated carbocycles. The van der Waals surface area contributed by atoms with Gasteiger partial charge in [0.25, 0.3) is 0 Å². The molecule has 2 aromatic carbocycles. The van der Waals surface area contributed by atoms with Gasteiger partial charge in [-0.15, -0.1) is 4.68 Å². The predicted octanol–water partition coefficient (Wildman–Crippen LogP) is 1.92. The van der Waals surface area contributed by atoms with Crippen molar-refractivity contribution in [2.24, 2.45) is 5.10 Å². The van der Waals surface area contributed by atoms with Gasteiger partial charge >= 0.3 is 11.2 Å². The van der Waals surface area contributed by atoms with E-state index in [-0.39, 0.29) is 28.3 Å². The number of hydrogen-bond acceptors (Lipinski definition) is 6. The summed E-state index contributed by atoms with van der Waals surface area (Å²) in [5, 5.41) is 14.3. The number of aromatic nitrogens is 3. The Morgan fingerprint density at radius 2 is 1.76 bits per heavy atom. The number of fused-ring (bicyclic) bond motifs is 3. The molecule has 9 nitrogen and oxygen atoms in total. The lowest BCUT2D eigenvalue weighted by Crippen LogP contribution is -2.32. The van der Waals surface area contributed by atoms with Crippen molar-refractivity contribution in [1.29, 1.82) is 0 Å². The maximum absolute atomic E-state index is 13.5. The summed E-state index contributed by atoms with van der Waals surface area (Å²) in [7, 11) is 2.74. The van der Waals surface area contributed by atoms with Crippen LogP contribution in [0.5, 0.6) is 17.2 Å². The summed E-state index contributed by atoms with van der Waals surface area (Å²) in [6, 6.07) is 6.88. The van der Waals surface area contributed by atoms with Crippen molar-refractivity contribution in [2.75, 3.05) is 14.2 Å². The number of phenolic OH excluding ortho intramolecular Hbond substituents is 1. The molecule has 0 spiro atoms. The van der Waals surface area contributed by atoms with Crippen molar-refractivity contribution in [3.63, 3.8) is 0 Å². The number of phenols is 1. The van der Waals surface area contributed by atoms with Crippen LogP contribution >= 0.6 is 0 Å². The van der Waals surface area contributed by atoms with Gasteiger partial charge in [-0.05, 0) is 30.3 Å². The Morgan fingerprint density at radius 1 is 1.07 bits per heavy atom. The number of methoxy groups -OCH3 is 2. The third-order valence-corrected chi connectivity index (χ3v) is 4.42. The summed E-state index contributed by atoms with van der Waals surface area (Å²) in [6.07, 6.45) is 1.25. The first-order valence-electron chi connectivity index (χ1n) is 8.38. The number of rotatable bonds is 4. The van der Waals surface area contributed by atoms with Gasteiger partial charge in [-0.2, -0.15) is 5.10 Å². The van der Waals surface area contributed by atoms with Crippen LogP contribution in [0.3, 0.4) is 0 Å². The maximum Gasteiger partial charge on any atom is 0.350 e. The molecule has 4 rings (SSSR count). The van der Waals surface area contributed by atoms with E-state index in [2.05, 4.69) is 15.1 Å². The molecular weight excluding hydrogens is 383 g/mol. The first-order valence-corrected chi connectivity index (χ1v) is 8.38. The van der Waals surface area contributed by atoms with Crippen LogP contribution < -0.4 is 20.7 Å². The number of hydrogen-bond donors (Lipinski definition) is 3. The molecule has 0 aliphatic carbocycles. The Morgan fingerprint density at radius 3 is 2.41 bits per heavy atom. The highest BCUT2D eigenvalue weighted by molar-refractivity contribution is 6.04. The second-order valence-corrected chi connectivity index (χ2v) is 6.13. The van der Waals surface area contributed by atoms with Crippen molar-refractivity contribution in [3.05, 3.63) is 62.6 Å². The molecule has 0 amide bonds. The second-order valence-electron chi connectivity index (χ2n) is 6.13. The topological polar surface area (TPSA) is 122 Å². The number of H-pyrrole nitrogens is 2. The number of halogens is 1. The Hall–Kier alpha value is -4.08. The fourth-order valence-electron chi connectivity index (χ4n) is 3.03. The Balaban J connectivity index is 1.86. The van der Waals surface area contributed by atoms with Gasteiger partial charge < -0.3 is 24.5 Å². The summed E-state index contributed by atoms with van der Waals surface area (Å²) in [5.74, 6) is -0.397. The van der Waals surface area contributed by atoms with Crippen LogP contribution in [0, 0.1) is 5.82 Å². The molecule has 0 bridgehead atoms. The van der Waals surface area contributed by atoms with Crippen molar-refractivity contribution in [3.8, 4) is 17.2 Å². The number of benzene rings is 2. The van der Waals surface area contributed by atoms with Gasteiger partial charge in [0.1, 0.15) is 11.3 Å². The monoisotopic (exact) mass is 398 g/mol.